The van der Waals surface area contributed by atoms with Gasteiger partial charge >= 0.3 is 0 Å². The third-order valence-electron chi connectivity index (χ3n) is 5.25. The number of primary amides is 1. The zero-order chi connectivity index (χ0) is 24.1. The van der Waals surface area contributed by atoms with E-state index in [2.05, 4.69) is 33.2 Å². The van der Waals surface area contributed by atoms with Gasteiger partial charge in [0.1, 0.15) is 0 Å². The summed E-state index contributed by atoms with van der Waals surface area (Å²) in [6.45, 7) is 2.07. The maximum absolute atomic E-state index is 13.4. The molecule has 9 heteroatoms. The lowest BCUT2D eigenvalue weighted by molar-refractivity contribution is 0.0996. The highest BCUT2D eigenvalue weighted by Crippen LogP contribution is 2.26. The second-order valence-corrected chi connectivity index (χ2v) is 7.36. The van der Waals surface area contributed by atoms with Crippen LogP contribution in [0.4, 0.5) is 5.82 Å². The number of hydrogen-bond acceptors (Lipinski definition) is 6. The van der Waals surface area contributed by atoms with Crippen LogP contribution in [0.2, 0.25) is 0 Å². The van der Waals surface area contributed by atoms with Gasteiger partial charge in [-0.1, -0.05) is 43.3 Å². The van der Waals surface area contributed by atoms with Crippen LogP contribution in [-0.4, -0.2) is 30.6 Å². The molecule has 5 aromatic rings. The average Bonchev–Trinajstić information content (AvgIpc) is 3.39. The van der Waals surface area contributed by atoms with Gasteiger partial charge in [0.05, 0.1) is 11.1 Å². The number of aryl methyl sites for hydroxylation is 1. The number of benzene rings is 2. The van der Waals surface area contributed by atoms with Crippen molar-refractivity contribution in [3.05, 3.63) is 101 Å². The summed E-state index contributed by atoms with van der Waals surface area (Å²) in [5, 5.41) is 8.64. The van der Waals surface area contributed by atoms with E-state index in [0.717, 1.165) is 34.4 Å². The van der Waals surface area contributed by atoms with Crippen LogP contribution in [0.1, 0.15) is 23.1 Å². The molecule has 0 aliphatic rings. The first-order chi connectivity index (χ1) is 16.5. The van der Waals surface area contributed by atoms with Crippen molar-refractivity contribution >= 4 is 22.5 Å². The van der Waals surface area contributed by atoms with E-state index < -0.39 is 5.91 Å². The molecule has 3 aromatic heterocycles. The molecule has 3 heterocycles. The van der Waals surface area contributed by atoms with E-state index in [-0.39, 0.29) is 17.1 Å². The molecule has 0 unspecified atom stereocenters. The first-order valence-corrected chi connectivity index (χ1v) is 10.6. The number of nitrogen functional groups attached to an aromatic ring is 1. The number of nitrogens with zero attached hydrogens (tertiary/aromatic N) is 4. The lowest BCUT2D eigenvalue weighted by Crippen LogP contribution is -2.22. The molecule has 1 amide bonds. The molecule has 0 radical (unpaired) electrons. The molecule has 170 valence electrons. The highest BCUT2D eigenvalue weighted by atomic mass is 16.1. The Kier molecular flexibility index (Phi) is 6.45. The summed E-state index contributed by atoms with van der Waals surface area (Å²) in [6.07, 6.45) is 5.23. The van der Waals surface area contributed by atoms with E-state index in [4.69, 9.17) is 11.5 Å². The van der Waals surface area contributed by atoms with Gasteiger partial charge in [-0.3, -0.25) is 19.3 Å². The van der Waals surface area contributed by atoms with Crippen LogP contribution in [-0.2, 0) is 6.42 Å². The van der Waals surface area contributed by atoms with Gasteiger partial charge in [0.2, 0.25) is 0 Å². The molecule has 0 bridgehead atoms. The second kappa shape index (κ2) is 9.78. The maximum Gasteiger partial charge on any atom is 0.271 e. The van der Waals surface area contributed by atoms with Crippen molar-refractivity contribution in [1.82, 2.24) is 24.7 Å². The summed E-state index contributed by atoms with van der Waals surface area (Å²) < 4.78 is 1.81. The fourth-order valence-electron chi connectivity index (χ4n) is 3.70. The number of anilines is 1. The van der Waals surface area contributed by atoms with Crippen molar-refractivity contribution in [3.8, 4) is 16.9 Å². The SMILES string of the molecule is CCc1cc2cccc(-c3ccn[nH]3)c2c(=O)n1-c1ccccc1.NC(=O)c1nccnc1N. The molecule has 0 fully saturated rings. The Morgan fingerprint density at radius 3 is 2.38 bits per heavy atom. The van der Waals surface area contributed by atoms with Crippen LogP contribution < -0.4 is 17.0 Å². The maximum atomic E-state index is 13.4. The number of para-hydroxylation sites is 1. The number of rotatable bonds is 4. The normalized spacial score (nSPS) is 10.5. The van der Waals surface area contributed by atoms with Crippen molar-refractivity contribution in [2.24, 2.45) is 5.73 Å². The van der Waals surface area contributed by atoms with E-state index in [1.54, 1.807) is 6.20 Å². The van der Waals surface area contributed by atoms with E-state index in [9.17, 15) is 9.59 Å². The molecule has 0 spiro atoms. The molecule has 5 N–H and O–H groups in total. The number of aromatic amines is 1. The lowest BCUT2D eigenvalue weighted by atomic mass is 10.0. The minimum atomic E-state index is -0.661. The number of nitrogens with one attached hydrogen (secondary N) is 1. The standard InChI is InChI=1S/C20H17N3O.C5H6N4O/c1-2-15-13-14-7-6-10-17(18-11-12-21-22-18)19(14)20(24)23(15)16-8-4-3-5-9-16;6-4-3(5(7)10)8-1-2-9-4/h3-13H,2H2,1H3,(H,21,22);1-2H,(H2,6,9)(H2,7,10). The molecule has 2 aromatic carbocycles. The van der Waals surface area contributed by atoms with Gasteiger partial charge in [0, 0.05) is 35.5 Å². The number of H-pyrrole nitrogens is 1. The van der Waals surface area contributed by atoms with Crippen molar-refractivity contribution in [2.45, 2.75) is 13.3 Å². The van der Waals surface area contributed by atoms with Crippen LogP contribution in [0.15, 0.2) is 84.0 Å². The Balaban J connectivity index is 0.000000231. The quantitative estimate of drug-likeness (QED) is 0.381. The number of fused-ring (bicyclic) bond motifs is 1. The third-order valence-corrected chi connectivity index (χ3v) is 5.25. The number of carbonyl (C=O) groups is 1. The van der Waals surface area contributed by atoms with Gasteiger partial charge in [-0.25, -0.2) is 9.97 Å². The van der Waals surface area contributed by atoms with Crippen molar-refractivity contribution in [2.75, 3.05) is 5.73 Å². The summed E-state index contributed by atoms with van der Waals surface area (Å²) in [6, 6.07) is 19.7. The molecular weight excluding hydrogens is 430 g/mol. The van der Waals surface area contributed by atoms with E-state index in [1.165, 1.54) is 12.4 Å². The van der Waals surface area contributed by atoms with Gasteiger partial charge in [0.15, 0.2) is 11.5 Å². The predicted octanol–water partition coefficient (Wildman–Crippen LogP) is 3.10. The molecule has 0 saturated carbocycles. The van der Waals surface area contributed by atoms with Crippen LogP contribution in [0.25, 0.3) is 27.7 Å². The highest BCUT2D eigenvalue weighted by molar-refractivity contribution is 5.96. The predicted molar refractivity (Wildman–Crippen MR) is 131 cm³/mol. The van der Waals surface area contributed by atoms with Gasteiger partial charge in [0.25, 0.3) is 11.5 Å². The Morgan fingerprint density at radius 1 is 1.00 bits per heavy atom. The first kappa shape index (κ1) is 22.4. The first-order valence-electron chi connectivity index (χ1n) is 10.6. The number of pyridine rings is 1. The summed E-state index contributed by atoms with van der Waals surface area (Å²) in [5.74, 6) is -0.597. The number of aromatic nitrogens is 5. The summed E-state index contributed by atoms with van der Waals surface area (Å²) >= 11 is 0. The molecule has 9 nitrogen and oxygen atoms in total. The third kappa shape index (κ3) is 4.40. The molecule has 0 saturated heterocycles. The van der Waals surface area contributed by atoms with E-state index in [1.807, 2.05) is 59.2 Å². The summed E-state index contributed by atoms with van der Waals surface area (Å²) in [5.41, 5.74) is 13.8. The van der Waals surface area contributed by atoms with Crippen molar-refractivity contribution < 1.29 is 4.79 Å². The fourth-order valence-corrected chi connectivity index (χ4v) is 3.70. The number of nitrogens with two attached hydrogens (primary N) is 2. The zero-order valence-corrected chi connectivity index (χ0v) is 18.5. The fraction of sp³-hybridized carbons (Fsp3) is 0.0800. The Morgan fingerprint density at radius 2 is 1.76 bits per heavy atom. The summed E-state index contributed by atoms with van der Waals surface area (Å²) in [7, 11) is 0. The number of carbonyl (C=O) groups excluding carboxylic acids is 1. The monoisotopic (exact) mass is 453 g/mol. The van der Waals surface area contributed by atoms with Crippen LogP contribution in [0, 0.1) is 0 Å². The van der Waals surface area contributed by atoms with E-state index in [0.29, 0.717) is 5.39 Å². The van der Waals surface area contributed by atoms with Gasteiger partial charge in [-0.15, -0.1) is 0 Å². The van der Waals surface area contributed by atoms with Crippen LogP contribution >= 0.6 is 0 Å². The van der Waals surface area contributed by atoms with Crippen molar-refractivity contribution in [1.29, 1.82) is 0 Å². The second-order valence-electron chi connectivity index (χ2n) is 7.36. The highest BCUT2D eigenvalue weighted by Gasteiger charge is 2.14. The Bertz CT molecular complexity index is 1490. The average molecular weight is 454 g/mol. The van der Waals surface area contributed by atoms with Crippen LogP contribution in [0.3, 0.4) is 0 Å². The Hall–Kier alpha value is -4.79. The Labute approximate surface area is 195 Å². The largest absolute Gasteiger partial charge is 0.382 e. The topological polar surface area (TPSA) is 146 Å². The molecule has 5 rings (SSSR count). The minimum Gasteiger partial charge on any atom is -0.382 e. The van der Waals surface area contributed by atoms with Crippen LogP contribution in [0.5, 0.6) is 0 Å². The molecule has 0 aliphatic heterocycles. The van der Waals surface area contributed by atoms with Gasteiger partial charge in [-0.2, -0.15) is 5.10 Å². The van der Waals surface area contributed by atoms with Gasteiger partial charge in [-0.05, 0) is 36.1 Å². The lowest BCUT2D eigenvalue weighted by Gasteiger charge is -2.15. The number of amides is 1. The molecular formula is C25H23N7O2. The molecule has 0 aliphatic carbocycles. The molecule has 34 heavy (non-hydrogen) atoms. The molecule has 0 atom stereocenters. The van der Waals surface area contributed by atoms with Gasteiger partial charge < -0.3 is 11.5 Å². The number of hydrogen-bond donors (Lipinski definition) is 3. The summed E-state index contributed by atoms with van der Waals surface area (Å²) in [4.78, 5) is 31.0. The zero-order valence-electron chi connectivity index (χ0n) is 18.5. The van der Waals surface area contributed by atoms with E-state index >= 15 is 0 Å². The van der Waals surface area contributed by atoms with Crippen molar-refractivity contribution in [3.63, 3.8) is 0 Å². The minimum absolute atomic E-state index is 0.000694. The smallest absolute Gasteiger partial charge is 0.271 e.